The van der Waals surface area contributed by atoms with E-state index in [0.29, 0.717) is 168 Å². The van der Waals surface area contributed by atoms with Gasteiger partial charge in [-0.3, -0.25) is 57.7 Å². The number of aliphatic hydroxyl groups excluding tert-OH is 3. The Kier molecular flexibility index (Phi) is 60.4. The molecule has 0 unspecified atom stereocenters. The topological polar surface area (TPSA) is 566 Å². The molecule has 5 rings (SSSR count). The molecule has 3 aliphatic heterocycles. The van der Waals surface area contributed by atoms with Crippen molar-refractivity contribution in [3.63, 3.8) is 0 Å². The minimum Gasteiger partial charge on any atom is -0.475 e. The Bertz CT molecular complexity index is 4300. The summed E-state index contributed by atoms with van der Waals surface area (Å²) in [7, 11) is 7.47. The van der Waals surface area contributed by atoms with E-state index >= 15 is 4.79 Å². The highest BCUT2D eigenvalue weighted by Gasteiger charge is 2.46. The minimum atomic E-state index is -1.91. The smallest absolute Gasteiger partial charge is 0.410 e. The summed E-state index contributed by atoms with van der Waals surface area (Å²) < 4.78 is 100. The van der Waals surface area contributed by atoms with Crippen molar-refractivity contribution in [2.24, 2.45) is 23.7 Å². The average molecular weight is 2080 g/mol. The van der Waals surface area contributed by atoms with Crippen LogP contribution in [0.1, 0.15) is 151 Å². The number of methoxy groups -OCH3 is 3. The number of unbranched alkanes of at least 4 members (excludes halogenated alkanes) is 1. The molecule has 0 spiro atoms. The molecule has 0 bridgehead atoms. The highest BCUT2D eigenvalue weighted by atomic mass is 16.7. The maximum absolute atomic E-state index is 15.1. The molecule has 12 amide bonds. The van der Waals surface area contributed by atoms with Gasteiger partial charge in [-0.25, -0.2) is 14.4 Å². The van der Waals surface area contributed by atoms with Gasteiger partial charge in [-0.05, 0) is 107 Å². The van der Waals surface area contributed by atoms with E-state index in [1.165, 1.54) is 44.4 Å². The number of carbonyl (C=O) groups excluding carboxylic acids is 12. The molecule has 46 nitrogen and oxygen atoms in total. The monoisotopic (exact) mass is 2080 g/mol. The van der Waals surface area contributed by atoms with Gasteiger partial charge in [0, 0.05) is 80.1 Å². The van der Waals surface area contributed by atoms with Crippen molar-refractivity contribution in [2.75, 3.05) is 219 Å². The Morgan fingerprint density at radius 2 is 1.13 bits per heavy atom. The largest absolute Gasteiger partial charge is 0.475 e. The van der Waals surface area contributed by atoms with Crippen LogP contribution in [0.2, 0.25) is 0 Å². The van der Waals surface area contributed by atoms with E-state index in [1.807, 2.05) is 19.9 Å². The Morgan fingerprint density at radius 1 is 0.589 bits per heavy atom. The van der Waals surface area contributed by atoms with Gasteiger partial charge in [-0.1, -0.05) is 91.3 Å². The molecule has 3 aliphatic rings. The van der Waals surface area contributed by atoms with Crippen LogP contribution < -0.4 is 42.0 Å². The van der Waals surface area contributed by atoms with Crippen LogP contribution in [-0.2, 0) is 140 Å². The number of aliphatic carboxylic acids is 1. The van der Waals surface area contributed by atoms with E-state index < -0.39 is 194 Å². The number of likely N-dealkylation sites (N-methyl/N-ethyl adjacent to an activating group) is 2. The van der Waals surface area contributed by atoms with Crippen molar-refractivity contribution in [1.82, 2.24) is 51.5 Å². The number of alkyl carbamates (subject to hydrolysis) is 1. The zero-order valence-corrected chi connectivity index (χ0v) is 87.6. The summed E-state index contributed by atoms with van der Waals surface area (Å²) in [6.07, 6.45) is -6.30. The number of ether oxygens (including phenoxy) is 18. The second-order valence-electron chi connectivity index (χ2n) is 36.8. The highest BCUT2D eigenvalue weighted by molar-refractivity contribution is 6.15. The molecule has 2 aromatic rings. The van der Waals surface area contributed by atoms with Gasteiger partial charge in [0.05, 0.1) is 213 Å². The Morgan fingerprint density at radius 3 is 1.63 bits per heavy atom. The second-order valence-corrected chi connectivity index (χ2v) is 36.8. The lowest BCUT2D eigenvalue weighted by atomic mass is 9.89. The fourth-order valence-corrected chi connectivity index (χ4v) is 15.9. The lowest BCUT2D eigenvalue weighted by molar-refractivity contribution is -0.172. The second kappa shape index (κ2) is 69.9. The minimum absolute atomic E-state index is 0.00580. The number of likely N-dealkylation sites (tertiary alicyclic amines) is 1. The van der Waals surface area contributed by atoms with Crippen LogP contribution in [0.15, 0.2) is 72.5 Å². The summed E-state index contributed by atoms with van der Waals surface area (Å²) in [6, 6.07) is 5.34. The lowest BCUT2D eigenvalue weighted by Crippen LogP contribution is -2.60. The number of nitrogens with zero attached hydrogens (tertiary/aromatic N) is 4. The van der Waals surface area contributed by atoms with Crippen LogP contribution in [0.25, 0.3) is 0 Å². The molecule has 0 saturated carbocycles. The van der Waals surface area contributed by atoms with E-state index in [-0.39, 0.29) is 99.1 Å². The van der Waals surface area contributed by atoms with E-state index in [4.69, 9.17) is 85.3 Å². The molecule has 11 N–H and O–H groups in total. The molecule has 3 heterocycles. The van der Waals surface area contributed by atoms with Crippen molar-refractivity contribution in [1.29, 1.82) is 0 Å². The van der Waals surface area contributed by atoms with E-state index in [2.05, 4.69) is 37.2 Å². The summed E-state index contributed by atoms with van der Waals surface area (Å²) in [5, 5.41) is 61.3. The SMILES string of the molecule is CC[C@H](C)[C@@H]([C@@H](CC(=O)N1CCC[C@H]1[C@H](OC)[C@@H](C)C(=O)N[C@H](C)[C@@H](O)c1ccccc1)OC)N(C)C(=O)[C@@H](NC(=O)[C@H](C(C)C)N(C)C(=O)OCc1ccc(O[C@@H]2OC(C(=O)O)=C[C@H](O)[C@H]2O)c(NC(=O)CCNC(=O)[C@H](CCCCNC(=O)CCOCCOCCOCCOCCOCCOCCOCCOCCOCCOCCOCCOC)NC(=O)[C@H](CNC(=O)OC(C)(C)C)N2C(=O)C=CC2=O)c1)C(C)C. The number of benzene rings is 2. The Labute approximate surface area is 855 Å². The zero-order chi connectivity index (χ0) is 108. The lowest BCUT2D eigenvalue weighted by Gasteiger charge is -2.41. The van der Waals surface area contributed by atoms with Crippen molar-refractivity contribution in [2.45, 2.75) is 225 Å². The molecule has 15 atom stereocenters. The van der Waals surface area contributed by atoms with Crippen LogP contribution >= 0.6 is 0 Å². The predicted octanol–water partition coefficient (Wildman–Crippen LogP) is 3.26. The molecule has 0 radical (unpaired) electrons. The molecular weight excluding hydrogens is 1920 g/mol. The van der Waals surface area contributed by atoms with Crippen molar-refractivity contribution >= 4 is 82.9 Å². The number of carbonyl (C=O) groups is 13. The van der Waals surface area contributed by atoms with E-state index in [1.54, 1.807) is 106 Å². The number of anilines is 1. The Hall–Kier alpha value is -10.3. The van der Waals surface area contributed by atoms with Crippen molar-refractivity contribution < 1.29 is 168 Å². The van der Waals surface area contributed by atoms with Crippen LogP contribution in [0.4, 0.5) is 15.3 Å². The first-order valence-corrected chi connectivity index (χ1v) is 49.9. The Balaban J connectivity index is 1.14. The van der Waals surface area contributed by atoms with Gasteiger partial charge in [0.15, 0.2) is 6.10 Å². The molecule has 1 saturated heterocycles. The molecule has 2 aromatic carbocycles. The molecule has 1 fully saturated rings. The van der Waals surface area contributed by atoms with Crippen LogP contribution in [0.5, 0.6) is 5.75 Å². The fourth-order valence-electron chi connectivity index (χ4n) is 15.9. The summed E-state index contributed by atoms with van der Waals surface area (Å²) in [5.41, 5.74) is -0.419. The molecule has 0 aliphatic carbocycles. The third-order valence-corrected chi connectivity index (χ3v) is 23.9. The molecule has 146 heavy (non-hydrogen) atoms. The number of carboxylic acids is 1. The normalized spacial score (nSPS) is 17.5. The average Bonchev–Trinajstić information content (AvgIpc) is 1.38. The maximum Gasteiger partial charge on any atom is 0.410 e. The number of carboxylic acid groups (broad SMARTS) is 1. The maximum atomic E-state index is 15.1. The van der Waals surface area contributed by atoms with Crippen molar-refractivity contribution in [3.05, 3.63) is 83.6 Å². The van der Waals surface area contributed by atoms with Gasteiger partial charge in [0.1, 0.15) is 48.2 Å². The van der Waals surface area contributed by atoms with E-state index in [9.17, 15) is 78.0 Å². The number of hydrogen-bond donors (Lipinski definition) is 11. The standard InChI is InChI=1S/C100H161N11O35/c1-17-67(6)87(78(130-15)62-84(117)110-36-23-27-74(110)90(131-16)68(7)91(120)104-69(8)88(118)71-24-19-18-20-25-71)108(12)95(124)85(65(2)3)107-94(123)86(66(4)5)109(13)99(128)143-64-70-28-29-77(144-97-89(119)76(112)61-79(145-97)96(125)126)73(60-70)105-81(114)32-35-102-92(121)72(106-93(122)75(111-82(115)30-31-83(111)116)63-103-98(127)146-100(9,10)11)26-21-22-34-101-80(113)33-37-132-40-41-134-44-45-136-48-49-138-52-53-140-56-57-142-59-58-141-55-54-139-51-50-137-47-46-135-43-42-133-39-38-129-14/h18-20,24-25,28-31,60-61,65-69,72,74-76,78,85-90,97,112,118-119H,17,21-23,26-27,32-59,62-64H2,1-16H3,(H,101,113)(H,102,121)(H,103,127)(H,104,120)(H,105,114)(H,106,122)(H,107,123)(H,125,126)/t67-,68+,69+,72-,74-,75-,76-,78+,85-,86-,87-,88+,89+,90+,97+/m0/s1. The summed E-state index contributed by atoms with van der Waals surface area (Å²) >= 11 is 0. The third-order valence-electron chi connectivity index (χ3n) is 23.9. The first-order chi connectivity index (χ1) is 69.8. The summed E-state index contributed by atoms with van der Waals surface area (Å²) in [5.74, 6) is -11.6. The molecular formula is C100H161N11O35. The number of imide groups is 1. The van der Waals surface area contributed by atoms with Crippen LogP contribution in [-0.4, -0.2) is 409 Å². The van der Waals surface area contributed by atoms with Gasteiger partial charge in [0.25, 0.3) is 18.1 Å². The van der Waals surface area contributed by atoms with Gasteiger partial charge in [0.2, 0.25) is 53.0 Å². The van der Waals surface area contributed by atoms with Gasteiger partial charge < -0.3 is 153 Å². The third kappa shape index (κ3) is 46.2. The van der Waals surface area contributed by atoms with Gasteiger partial charge in [-0.2, -0.15) is 0 Å². The van der Waals surface area contributed by atoms with Gasteiger partial charge in [-0.15, -0.1) is 0 Å². The molecule has 826 valence electrons. The van der Waals surface area contributed by atoms with Gasteiger partial charge >= 0.3 is 18.2 Å². The van der Waals surface area contributed by atoms with Crippen LogP contribution in [0.3, 0.4) is 0 Å². The first kappa shape index (κ1) is 126. The summed E-state index contributed by atoms with van der Waals surface area (Å²) in [4.78, 5) is 184. The van der Waals surface area contributed by atoms with Crippen molar-refractivity contribution in [3.8, 4) is 5.75 Å². The first-order valence-electron chi connectivity index (χ1n) is 49.9. The predicted molar refractivity (Wildman–Crippen MR) is 528 cm³/mol. The van der Waals surface area contributed by atoms with E-state index in [0.717, 1.165) is 23.1 Å². The quantitative estimate of drug-likeness (QED) is 0.0334. The fraction of sp³-hybridized carbons (Fsp3) is 0.710. The molecule has 46 heteroatoms. The van der Waals surface area contributed by atoms with Crippen LogP contribution in [0, 0.1) is 23.7 Å². The molecule has 0 aromatic heterocycles. The summed E-state index contributed by atoms with van der Waals surface area (Å²) in [6.45, 7) is 26.8. The number of hydrogen-bond acceptors (Lipinski definition) is 34. The highest BCUT2D eigenvalue weighted by Crippen LogP contribution is 2.34. The number of amides is 12. The number of nitrogens with one attached hydrogen (secondary N) is 7. The number of rotatable bonds is 76. The zero-order valence-electron chi connectivity index (χ0n) is 87.6. The number of aliphatic hydroxyl groups is 3.